The van der Waals surface area contributed by atoms with Gasteiger partial charge in [0, 0.05) is 13.1 Å². The number of ether oxygens (including phenoxy) is 1. The first-order valence-corrected chi connectivity index (χ1v) is 7.09. The molecule has 1 atom stereocenters. The summed E-state index contributed by atoms with van der Waals surface area (Å²) in [5.74, 6) is 1.51. The number of furan rings is 1. The number of carboxylic acid groups (broad SMARTS) is 1. The summed E-state index contributed by atoms with van der Waals surface area (Å²) in [6, 6.07) is 1.92. The van der Waals surface area contributed by atoms with Crippen LogP contribution in [0.3, 0.4) is 0 Å². The van der Waals surface area contributed by atoms with Crippen molar-refractivity contribution >= 4 is 12.4 Å². The lowest BCUT2D eigenvalue weighted by Gasteiger charge is -2.36. The van der Waals surface area contributed by atoms with Gasteiger partial charge in [0.05, 0.1) is 24.8 Å². The highest BCUT2D eigenvalue weighted by atomic mass is 16.5. The van der Waals surface area contributed by atoms with Gasteiger partial charge in [-0.15, -0.1) is 0 Å². The van der Waals surface area contributed by atoms with Crippen molar-refractivity contribution in [1.82, 2.24) is 9.80 Å². The molecule has 1 aromatic rings. The van der Waals surface area contributed by atoms with Crippen LogP contribution in [-0.2, 0) is 9.53 Å². The smallest absolute Gasteiger partial charge is 0.290 e. The third-order valence-electron chi connectivity index (χ3n) is 3.34. The van der Waals surface area contributed by atoms with Crippen LogP contribution in [0.25, 0.3) is 0 Å². The van der Waals surface area contributed by atoms with Gasteiger partial charge in [-0.2, -0.15) is 0 Å². The summed E-state index contributed by atoms with van der Waals surface area (Å²) in [6.45, 7) is 6.09. The quantitative estimate of drug-likeness (QED) is 0.838. The minimum Gasteiger partial charge on any atom is -0.483 e. The predicted octanol–water partition coefficient (Wildman–Crippen LogP) is 1.000. The minimum absolute atomic E-state index is 0.0458. The summed E-state index contributed by atoms with van der Waals surface area (Å²) in [6.07, 6.45) is 0. The van der Waals surface area contributed by atoms with Crippen LogP contribution in [-0.4, -0.2) is 73.7 Å². The van der Waals surface area contributed by atoms with E-state index in [4.69, 9.17) is 19.1 Å². The molecule has 1 saturated heterocycles. The molecule has 1 N–H and O–H groups in total. The lowest BCUT2D eigenvalue weighted by molar-refractivity contribution is -0.122. The molecule has 0 saturated carbocycles. The molecule has 22 heavy (non-hydrogen) atoms. The molecule has 2 rings (SSSR count). The predicted molar refractivity (Wildman–Crippen MR) is 81.1 cm³/mol. The highest BCUT2D eigenvalue weighted by Gasteiger charge is 2.30. The number of nitrogens with zero attached hydrogens (tertiary/aromatic N) is 2. The fraction of sp³-hybridized carbons (Fsp3) is 0.600. The maximum atomic E-state index is 12.6. The molecule has 0 aromatic carbocycles. The van der Waals surface area contributed by atoms with Crippen LogP contribution < -0.4 is 0 Å². The monoisotopic (exact) mass is 312 g/mol. The van der Waals surface area contributed by atoms with Crippen LogP contribution >= 0.6 is 0 Å². The van der Waals surface area contributed by atoms with Gasteiger partial charge in [0.15, 0.2) is 0 Å². The number of aryl methyl sites for hydroxylation is 2. The molecule has 0 radical (unpaired) electrons. The summed E-state index contributed by atoms with van der Waals surface area (Å²) in [7, 11) is 4.01. The van der Waals surface area contributed by atoms with E-state index in [1.807, 2.05) is 38.9 Å². The van der Waals surface area contributed by atoms with Gasteiger partial charge in [0.2, 0.25) is 0 Å². The van der Waals surface area contributed by atoms with Crippen molar-refractivity contribution in [3.63, 3.8) is 0 Å². The lowest BCUT2D eigenvalue weighted by Crippen LogP contribution is -2.52. The number of carbonyl (C=O) groups is 2. The number of morpholine rings is 1. The second-order valence-electron chi connectivity index (χ2n) is 5.42. The van der Waals surface area contributed by atoms with E-state index >= 15 is 0 Å². The number of hydrogen-bond acceptors (Lipinski definition) is 5. The van der Waals surface area contributed by atoms with Gasteiger partial charge in [0.1, 0.15) is 11.5 Å². The molecule has 0 aliphatic carbocycles. The Hall–Kier alpha value is -1.86. The van der Waals surface area contributed by atoms with E-state index in [-0.39, 0.29) is 18.4 Å². The van der Waals surface area contributed by atoms with E-state index in [0.29, 0.717) is 31.1 Å². The summed E-state index contributed by atoms with van der Waals surface area (Å²) in [4.78, 5) is 25.0. The Morgan fingerprint density at radius 3 is 2.64 bits per heavy atom. The summed E-state index contributed by atoms with van der Waals surface area (Å²) in [5.41, 5.74) is 0.670. The fourth-order valence-electron chi connectivity index (χ4n) is 2.49. The molecular formula is C15H24N2O5. The summed E-state index contributed by atoms with van der Waals surface area (Å²) >= 11 is 0. The maximum absolute atomic E-state index is 12.6. The zero-order valence-electron chi connectivity index (χ0n) is 13.5. The third-order valence-corrected chi connectivity index (χ3v) is 3.34. The number of amides is 1. The van der Waals surface area contributed by atoms with Crippen molar-refractivity contribution in [2.24, 2.45) is 0 Å². The van der Waals surface area contributed by atoms with E-state index in [1.165, 1.54) is 0 Å². The molecule has 7 nitrogen and oxygen atoms in total. The zero-order valence-corrected chi connectivity index (χ0v) is 13.5. The van der Waals surface area contributed by atoms with Gasteiger partial charge >= 0.3 is 0 Å². The highest BCUT2D eigenvalue weighted by Crippen LogP contribution is 2.19. The first kappa shape index (κ1) is 18.2. The molecule has 1 amide bonds. The highest BCUT2D eigenvalue weighted by molar-refractivity contribution is 5.95. The second kappa shape index (κ2) is 8.55. The number of likely N-dealkylation sites (N-methyl/N-ethyl adjacent to an activating group) is 1. The number of rotatable bonds is 3. The van der Waals surface area contributed by atoms with E-state index in [0.717, 1.165) is 12.3 Å². The number of hydrogen-bond donors (Lipinski definition) is 1. The minimum atomic E-state index is -0.250. The van der Waals surface area contributed by atoms with Crippen LogP contribution in [0.4, 0.5) is 0 Å². The van der Waals surface area contributed by atoms with Crippen molar-refractivity contribution in [2.45, 2.75) is 19.9 Å². The Kier molecular flexibility index (Phi) is 7.07. The average Bonchev–Trinajstić information content (AvgIpc) is 2.78. The molecule has 2 heterocycles. The molecular weight excluding hydrogens is 288 g/mol. The molecule has 1 aliphatic rings. The zero-order chi connectivity index (χ0) is 16.7. The Balaban J connectivity index is 0.000000745. The van der Waals surface area contributed by atoms with Crippen molar-refractivity contribution in [1.29, 1.82) is 0 Å². The van der Waals surface area contributed by atoms with Crippen molar-refractivity contribution < 1.29 is 23.8 Å². The Bertz CT molecular complexity index is 498. The Labute approximate surface area is 130 Å². The third kappa shape index (κ3) is 4.85. The molecule has 1 fully saturated rings. The van der Waals surface area contributed by atoms with Crippen LogP contribution in [0, 0.1) is 13.8 Å². The van der Waals surface area contributed by atoms with Crippen molar-refractivity contribution in [2.75, 3.05) is 40.4 Å². The topological polar surface area (TPSA) is 83.2 Å². The number of carbonyl (C=O) groups excluding carboxylic acids is 1. The van der Waals surface area contributed by atoms with Crippen molar-refractivity contribution in [3.05, 3.63) is 23.2 Å². The Morgan fingerprint density at radius 1 is 1.50 bits per heavy atom. The molecule has 1 unspecified atom stereocenters. The SMILES string of the molecule is Cc1cc(C(=O)N2CCOCC2CN(C)C)c(C)o1.O=CO. The van der Waals surface area contributed by atoms with Crippen LogP contribution in [0.1, 0.15) is 21.9 Å². The molecule has 0 bridgehead atoms. The van der Waals surface area contributed by atoms with Gasteiger partial charge in [0.25, 0.3) is 12.4 Å². The van der Waals surface area contributed by atoms with Gasteiger partial charge < -0.3 is 24.1 Å². The van der Waals surface area contributed by atoms with Crippen LogP contribution in [0.5, 0.6) is 0 Å². The first-order valence-electron chi connectivity index (χ1n) is 7.09. The first-order chi connectivity index (χ1) is 10.4. The average molecular weight is 312 g/mol. The maximum Gasteiger partial charge on any atom is 0.290 e. The summed E-state index contributed by atoms with van der Waals surface area (Å²) < 4.78 is 10.9. The molecule has 0 spiro atoms. The standard InChI is InChI=1S/C14H22N2O3.CH2O2/c1-10-7-13(11(2)19-10)14(17)16-5-6-18-9-12(16)8-15(3)4;2-1-3/h7,12H,5-6,8-9H2,1-4H3;1H,(H,2,3). The fourth-order valence-corrected chi connectivity index (χ4v) is 2.49. The largest absolute Gasteiger partial charge is 0.483 e. The summed E-state index contributed by atoms with van der Waals surface area (Å²) in [5, 5.41) is 6.89. The van der Waals surface area contributed by atoms with Gasteiger partial charge in [-0.05, 0) is 34.0 Å². The normalized spacial score (nSPS) is 17.9. The van der Waals surface area contributed by atoms with E-state index in [2.05, 4.69) is 4.90 Å². The molecule has 1 aliphatic heterocycles. The second-order valence-corrected chi connectivity index (χ2v) is 5.42. The van der Waals surface area contributed by atoms with E-state index in [1.54, 1.807) is 0 Å². The van der Waals surface area contributed by atoms with E-state index < -0.39 is 0 Å². The molecule has 7 heteroatoms. The molecule has 124 valence electrons. The van der Waals surface area contributed by atoms with Gasteiger partial charge in [-0.3, -0.25) is 9.59 Å². The van der Waals surface area contributed by atoms with E-state index in [9.17, 15) is 4.79 Å². The van der Waals surface area contributed by atoms with Crippen LogP contribution in [0.2, 0.25) is 0 Å². The van der Waals surface area contributed by atoms with Crippen molar-refractivity contribution in [3.8, 4) is 0 Å². The Morgan fingerprint density at radius 2 is 2.14 bits per heavy atom. The van der Waals surface area contributed by atoms with Gasteiger partial charge in [-0.25, -0.2) is 0 Å². The molecule has 1 aromatic heterocycles. The van der Waals surface area contributed by atoms with Crippen LogP contribution in [0.15, 0.2) is 10.5 Å². The lowest BCUT2D eigenvalue weighted by atomic mass is 10.1. The van der Waals surface area contributed by atoms with Gasteiger partial charge in [-0.1, -0.05) is 0 Å².